The van der Waals surface area contributed by atoms with E-state index >= 15 is 0 Å². The molecule has 0 unspecified atom stereocenters. The minimum atomic E-state index is -3.68. The summed E-state index contributed by atoms with van der Waals surface area (Å²) < 4.78 is 37.6. The molecule has 12 heteroatoms. The van der Waals surface area contributed by atoms with Crippen LogP contribution in [-0.2, 0) is 35.2 Å². The number of rotatable bonds is 6. The Morgan fingerprint density at radius 2 is 1.82 bits per heavy atom. The van der Waals surface area contributed by atoms with Gasteiger partial charge in [0, 0.05) is 6.54 Å². The maximum absolute atomic E-state index is 13.0. The maximum Gasteiger partial charge on any atom is 0.410 e. The van der Waals surface area contributed by atoms with Crippen molar-refractivity contribution in [3.8, 4) is 0 Å². The first kappa shape index (κ1) is 26.3. The van der Waals surface area contributed by atoms with Crippen LogP contribution in [0.1, 0.15) is 31.2 Å². The van der Waals surface area contributed by atoms with Crippen LogP contribution in [0.4, 0.5) is 4.79 Å². The molecule has 1 aromatic rings. The highest BCUT2D eigenvalue weighted by molar-refractivity contribution is 7.86. The molecule has 0 bridgehead atoms. The van der Waals surface area contributed by atoms with E-state index in [0.717, 1.165) is 24.7 Å². The number of nitrogens with zero attached hydrogens (tertiary/aromatic N) is 1. The third-order valence-electron chi connectivity index (χ3n) is 5.84. The van der Waals surface area contributed by atoms with E-state index in [4.69, 9.17) is 48.5 Å². The Bertz CT molecular complexity index is 939. The van der Waals surface area contributed by atoms with Crippen molar-refractivity contribution in [3.63, 3.8) is 0 Å². The van der Waals surface area contributed by atoms with Gasteiger partial charge in [-0.3, -0.25) is 9.08 Å². The van der Waals surface area contributed by atoms with Gasteiger partial charge in [0.05, 0.1) is 12.4 Å². The number of benzene rings is 1. The van der Waals surface area contributed by atoms with Crippen LogP contribution < -0.4 is 0 Å². The van der Waals surface area contributed by atoms with E-state index in [1.165, 1.54) is 4.90 Å². The maximum atomic E-state index is 13.0. The summed E-state index contributed by atoms with van der Waals surface area (Å²) in [5.74, 6) is -1.05. The Morgan fingerprint density at radius 3 is 2.45 bits per heavy atom. The number of hydrogen-bond donors (Lipinski definition) is 0. The van der Waals surface area contributed by atoms with Crippen LogP contribution in [0, 0.1) is 11.8 Å². The number of carbonyl (C=O) groups excluding carboxylic acids is 2. The molecule has 8 nitrogen and oxygen atoms in total. The average Bonchev–Trinajstić information content (AvgIpc) is 2.74. The fraction of sp³-hybridized carbons (Fsp3) is 0.619. The Morgan fingerprint density at radius 1 is 1.12 bits per heavy atom. The van der Waals surface area contributed by atoms with Crippen LogP contribution in [0.25, 0.3) is 0 Å². The Labute approximate surface area is 208 Å². The van der Waals surface area contributed by atoms with Gasteiger partial charge in [0.2, 0.25) is 3.79 Å². The fourth-order valence-electron chi connectivity index (χ4n) is 4.47. The molecule has 4 atom stereocenters. The van der Waals surface area contributed by atoms with Gasteiger partial charge in [-0.25, -0.2) is 9.59 Å². The highest BCUT2D eigenvalue weighted by Crippen LogP contribution is 2.41. The predicted octanol–water partition coefficient (Wildman–Crippen LogP) is 4.07. The zero-order chi connectivity index (χ0) is 24.2. The van der Waals surface area contributed by atoms with E-state index in [9.17, 15) is 18.0 Å². The lowest BCUT2D eigenvalue weighted by atomic mass is 9.71. The standard InChI is InChI=1S/C21H26Cl3NO7S/c1-33(28,29)32-18-9-5-8-15-11-25(20(27)30-12-14-6-3-2-4-7-14)17(10-16(15)18)19(26)31-13-21(22,23)24/h2-4,6-7,15-18H,5,8-13H2,1H3/t15-,16+,17+,18+/m1/s1. The smallest absolute Gasteiger partial charge is 0.410 e. The molecule has 1 heterocycles. The molecule has 0 N–H and O–H groups in total. The van der Waals surface area contributed by atoms with Crippen molar-refractivity contribution in [1.82, 2.24) is 4.90 Å². The first-order valence-electron chi connectivity index (χ1n) is 10.5. The number of piperidine rings is 1. The number of carbonyl (C=O) groups is 2. The molecule has 0 spiro atoms. The van der Waals surface area contributed by atoms with E-state index in [0.29, 0.717) is 6.42 Å². The highest BCUT2D eigenvalue weighted by atomic mass is 35.6. The molecular weight excluding hydrogens is 517 g/mol. The first-order valence-corrected chi connectivity index (χ1v) is 13.5. The average molecular weight is 543 g/mol. The van der Waals surface area contributed by atoms with E-state index in [1.807, 2.05) is 30.3 Å². The molecule has 0 radical (unpaired) electrons. The van der Waals surface area contributed by atoms with Gasteiger partial charge in [-0.05, 0) is 36.7 Å². The van der Waals surface area contributed by atoms with Crippen LogP contribution in [0.3, 0.4) is 0 Å². The normalized spacial score (nSPS) is 25.8. The monoisotopic (exact) mass is 541 g/mol. The largest absolute Gasteiger partial charge is 0.460 e. The number of hydrogen-bond acceptors (Lipinski definition) is 7. The van der Waals surface area contributed by atoms with Gasteiger partial charge < -0.3 is 9.47 Å². The van der Waals surface area contributed by atoms with Gasteiger partial charge in [0.25, 0.3) is 10.1 Å². The van der Waals surface area contributed by atoms with Gasteiger partial charge in [-0.15, -0.1) is 0 Å². The lowest BCUT2D eigenvalue weighted by molar-refractivity contribution is -0.154. The van der Waals surface area contributed by atoms with Crippen molar-refractivity contribution in [2.24, 2.45) is 11.8 Å². The van der Waals surface area contributed by atoms with Crippen molar-refractivity contribution in [2.75, 3.05) is 19.4 Å². The van der Waals surface area contributed by atoms with E-state index in [-0.39, 0.29) is 31.4 Å². The van der Waals surface area contributed by atoms with E-state index < -0.39 is 44.7 Å². The van der Waals surface area contributed by atoms with Crippen LogP contribution in [-0.4, -0.2) is 60.7 Å². The topological polar surface area (TPSA) is 99.2 Å². The summed E-state index contributed by atoms with van der Waals surface area (Å²) in [6, 6.07) is 8.13. The first-order chi connectivity index (χ1) is 15.4. The molecule has 2 fully saturated rings. The van der Waals surface area contributed by atoms with Gasteiger partial charge in [0.1, 0.15) is 19.3 Å². The SMILES string of the molecule is CS(=O)(=O)O[C@H]1CCC[C@@H]2CN(C(=O)OCc3ccccc3)[C@H](C(=O)OCC(Cl)(Cl)Cl)C[C@@H]21. The molecule has 33 heavy (non-hydrogen) atoms. The Kier molecular flexibility index (Phi) is 8.77. The summed E-state index contributed by atoms with van der Waals surface area (Å²) in [4.78, 5) is 27.2. The van der Waals surface area contributed by atoms with Crippen molar-refractivity contribution < 1.29 is 31.7 Å². The number of alkyl halides is 3. The van der Waals surface area contributed by atoms with Crippen molar-refractivity contribution in [2.45, 2.75) is 48.2 Å². The van der Waals surface area contributed by atoms with Gasteiger partial charge in [-0.1, -0.05) is 71.6 Å². The number of ether oxygens (including phenoxy) is 2. The zero-order valence-electron chi connectivity index (χ0n) is 18.0. The van der Waals surface area contributed by atoms with Gasteiger partial charge in [0.15, 0.2) is 0 Å². The van der Waals surface area contributed by atoms with Crippen molar-refractivity contribution >= 4 is 57.0 Å². The summed E-state index contributed by atoms with van der Waals surface area (Å²) in [5, 5.41) is 0. The summed E-state index contributed by atoms with van der Waals surface area (Å²) in [6.45, 7) is -0.243. The molecule has 2 aliphatic rings. The van der Waals surface area contributed by atoms with Crippen LogP contribution in [0.15, 0.2) is 30.3 Å². The molecule has 1 saturated carbocycles. The number of fused-ring (bicyclic) bond motifs is 1. The number of amides is 1. The summed E-state index contributed by atoms with van der Waals surface area (Å²) in [7, 11) is -3.68. The van der Waals surface area contributed by atoms with E-state index in [2.05, 4.69) is 0 Å². The van der Waals surface area contributed by atoms with E-state index in [1.54, 1.807) is 0 Å². The zero-order valence-corrected chi connectivity index (χ0v) is 21.1. The third-order valence-corrected chi connectivity index (χ3v) is 6.76. The Balaban J connectivity index is 1.77. The van der Waals surface area contributed by atoms with Crippen LogP contribution in [0.5, 0.6) is 0 Å². The molecule has 1 amide bonds. The van der Waals surface area contributed by atoms with Crippen molar-refractivity contribution in [3.05, 3.63) is 35.9 Å². The third kappa shape index (κ3) is 7.89. The minimum absolute atomic E-state index is 0.0417. The molecular formula is C21H26Cl3NO7S. The second kappa shape index (κ2) is 11.0. The number of halogens is 3. The van der Waals surface area contributed by atoms with Crippen LogP contribution >= 0.6 is 34.8 Å². The molecule has 1 aromatic carbocycles. The lowest BCUT2D eigenvalue weighted by Gasteiger charge is -2.47. The fourth-order valence-corrected chi connectivity index (χ4v) is 5.32. The second-order valence-corrected chi connectivity index (χ2v) is 12.5. The minimum Gasteiger partial charge on any atom is -0.460 e. The summed E-state index contributed by atoms with van der Waals surface area (Å²) in [5.41, 5.74) is 0.801. The molecule has 1 aliphatic heterocycles. The highest BCUT2D eigenvalue weighted by Gasteiger charge is 2.48. The number of esters is 1. The molecule has 1 saturated heterocycles. The Hall–Kier alpha value is -1.26. The summed E-state index contributed by atoms with van der Waals surface area (Å²) in [6.07, 6.45) is 1.97. The quantitative estimate of drug-likeness (QED) is 0.303. The predicted molar refractivity (Wildman–Crippen MR) is 124 cm³/mol. The molecule has 1 aliphatic carbocycles. The van der Waals surface area contributed by atoms with Crippen LogP contribution in [0.2, 0.25) is 0 Å². The summed E-state index contributed by atoms with van der Waals surface area (Å²) >= 11 is 17.1. The van der Waals surface area contributed by atoms with Gasteiger partial charge in [-0.2, -0.15) is 8.42 Å². The van der Waals surface area contributed by atoms with Gasteiger partial charge >= 0.3 is 12.1 Å². The second-order valence-electron chi connectivity index (χ2n) is 8.36. The number of likely N-dealkylation sites (tertiary alicyclic amines) is 1. The van der Waals surface area contributed by atoms with Crippen molar-refractivity contribution in [1.29, 1.82) is 0 Å². The lowest BCUT2D eigenvalue weighted by Crippen LogP contribution is -2.57. The molecule has 0 aromatic heterocycles. The molecule has 3 rings (SSSR count). The molecule has 184 valence electrons.